The predicted molar refractivity (Wildman–Crippen MR) is 84.9 cm³/mol. The van der Waals surface area contributed by atoms with Crippen LogP contribution in [-0.4, -0.2) is 0 Å². The van der Waals surface area contributed by atoms with Crippen LogP contribution in [0.2, 0.25) is 0 Å². The van der Waals surface area contributed by atoms with Crippen LogP contribution in [0, 0.1) is 6.92 Å². The highest BCUT2D eigenvalue weighted by atomic mass is 14.7. The van der Waals surface area contributed by atoms with Crippen molar-refractivity contribution < 1.29 is 0 Å². The fraction of sp³-hybridized carbons (Fsp3) is 0.368. The lowest BCUT2D eigenvalue weighted by molar-refractivity contribution is 0.491. The first kappa shape index (κ1) is 13.4. The van der Waals surface area contributed by atoms with E-state index in [4.69, 9.17) is 5.73 Å². The largest absolute Gasteiger partial charge is 0.321 e. The van der Waals surface area contributed by atoms with Crippen LogP contribution >= 0.6 is 0 Å². The summed E-state index contributed by atoms with van der Waals surface area (Å²) in [4.78, 5) is 0. The second-order valence-electron chi connectivity index (χ2n) is 6.42. The van der Waals surface area contributed by atoms with Gasteiger partial charge in [0.25, 0.3) is 0 Å². The first-order chi connectivity index (χ1) is 9.54. The zero-order chi connectivity index (χ0) is 14.2. The Morgan fingerprint density at radius 3 is 2.45 bits per heavy atom. The molecule has 0 aliphatic heterocycles. The van der Waals surface area contributed by atoms with Crippen molar-refractivity contribution in [3.8, 4) is 0 Å². The molecule has 0 aromatic heterocycles. The SMILES string of the molecule is Cc1ccc(C(C)(N)Cc2ccc3c(c2)CCC3)cc1. The number of fused-ring (bicyclic) bond motifs is 1. The van der Waals surface area contributed by atoms with E-state index in [1.807, 2.05) is 0 Å². The van der Waals surface area contributed by atoms with Gasteiger partial charge in [-0.25, -0.2) is 0 Å². The molecule has 20 heavy (non-hydrogen) atoms. The van der Waals surface area contributed by atoms with Crippen molar-refractivity contribution in [3.05, 3.63) is 70.3 Å². The standard InChI is InChI=1S/C19H23N/c1-14-6-10-18(11-7-14)19(2,20)13-15-8-9-16-4-3-5-17(16)12-15/h6-12H,3-5,13,20H2,1-2H3. The molecular formula is C19H23N. The van der Waals surface area contributed by atoms with E-state index in [0.29, 0.717) is 0 Å². The van der Waals surface area contributed by atoms with Crippen molar-refractivity contribution in [3.63, 3.8) is 0 Å². The molecule has 1 atom stereocenters. The Labute approximate surface area is 121 Å². The summed E-state index contributed by atoms with van der Waals surface area (Å²) in [6.07, 6.45) is 4.67. The van der Waals surface area contributed by atoms with Gasteiger partial charge in [-0.3, -0.25) is 0 Å². The number of hydrogen-bond acceptors (Lipinski definition) is 1. The van der Waals surface area contributed by atoms with Crippen molar-refractivity contribution in [1.29, 1.82) is 0 Å². The quantitative estimate of drug-likeness (QED) is 0.895. The molecule has 2 aromatic rings. The molecule has 0 fully saturated rings. The molecule has 1 nitrogen and oxygen atoms in total. The number of aryl methyl sites for hydroxylation is 3. The summed E-state index contributed by atoms with van der Waals surface area (Å²) in [5.74, 6) is 0. The van der Waals surface area contributed by atoms with Gasteiger partial charge in [0.1, 0.15) is 0 Å². The molecule has 1 heteroatoms. The molecule has 1 unspecified atom stereocenters. The van der Waals surface area contributed by atoms with Crippen LogP contribution in [0.5, 0.6) is 0 Å². The van der Waals surface area contributed by atoms with Crippen molar-refractivity contribution in [2.75, 3.05) is 0 Å². The Balaban J connectivity index is 1.84. The van der Waals surface area contributed by atoms with Gasteiger partial charge in [0.15, 0.2) is 0 Å². The summed E-state index contributed by atoms with van der Waals surface area (Å²) < 4.78 is 0. The van der Waals surface area contributed by atoms with Gasteiger partial charge in [0.2, 0.25) is 0 Å². The van der Waals surface area contributed by atoms with Crippen molar-refractivity contribution >= 4 is 0 Å². The second-order valence-corrected chi connectivity index (χ2v) is 6.42. The molecule has 0 bridgehead atoms. The van der Waals surface area contributed by atoms with Gasteiger partial charge in [-0.15, -0.1) is 0 Å². The van der Waals surface area contributed by atoms with E-state index in [9.17, 15) is 0 Å². The highest BCUT2D eigenvalue weighted by Gasteiger charge is 2.22. The van der Waals surface area contributed by atoms with Gasteiger partial charge >= 0.3 is 0 Å². The molecule has 1 aliphatic rings. The van der Waals surface area contributed by atoms with Gasteiger partial charge in [0.05, 0.1) is 0 Å². The van der Waals surface area contributed by atoms with Crippen LogP contribution in [-0.2, 0) is 24.8 Å². The minimum absolute atomic E-state index is 0.305. The molecular weight excluding hydrogens is 242 g/mol. The smallest absolute Gasteiger partial charge is 0.0421 e. The summed E-state index contributed by atoms with van der Waals surface area (Å²) in [6, 6.07) is 15.5. The van der Waals surface area contributed by atoms with Crippen molar-refractivity contribution in [1.82, 2.24) is 0 Å². The Morgan fingerprint density at radius 2 is 1.70 bits per heavy atom. The summed E-state index contributed by atoms with van der Waals surface area (Å²) in [6.45, 7) is 4.24. The first-order valence-electron chi connectivity index (χ1n) is 7.51. The normalized spacial score (nSPS) is 16.8. The van der Waals surface area contributed by atoms with Crippen LogP contribution in [0.3, 0.4) is 0 Å². The molecule has 0 radical (unpaired) electrons. The van der Waals surface area contributed by atoms with E-state index >= 15 is 0 Å². The van der Waals surface area contributed by atoms with Crippen LogP contribution in [0.25, 0.3) is 0 Å². The maximum atomic E-state index is 6.57. The second kappa shape index (κ2) is 5.06. The fourth-order valence-electron chi connectivity index (χ4n) is 3.20. The monoisotopic (exact) mass is 265 g/mol. The van der Waals surface area contributed by atoms with Gasteiger partial charge < -0.3 is 5.73 Å². The van der Waals surface area contributed by atoms with Crippen LogP contribution in [0.4, 0.5) is 0 Å². The minimum atomic E-state index is -0.305. The molecule has 2 N–H and O–H groups in total. The van der Waals surface area contributed by atoms with E-state index in [1.165, 1.54) is 47.1 Å². The summed E-state index contributed by atoms with van der Waals surface area (Å²) in [7, 11) is 0. The highest BCUT2D eigenvalue weighted by Crippen LogP contribution is 2.27. The number of hydrogen-bond donors (Lipinski definition) is 1. The van der Waals surface area contributed by atoms with E-state index in [-0.39, 0.29) is 5.54 Å². The van der Waals surface area contributed by atoms with E-state index in [2.05, 4.69) is 56.3 Å². The van der Waals surface area contributed by atoms with Crippen LogP contribution in [0.15, 0.2) is 42.5 Å². The molecule has 1 aliphatic carbocycles. The van der Waals surface area contributed by atoms with E-state index < -0.39 is 0 Å². The Kier molecular flexibility index (Phi) is 3.39. The van der Waals surface area contributed by atoms with Crippen LogP contribution in [0.1, 0.15) is 41.2 Å². The molecule has 0 spiro atoms. The lowest BCUT2D eigenvalue weighted by Crippen LogP contribution is -2.35. The summed E-state index contributed by atoms with van der Waals surface area (Å²) >= 11 is 0. The molecule has 3 rings (SSSR count). The van der Waals surface area contributed by atoms with Gasteiger partial charge in [0, 0.05) is 5.54 Å². The molecule has 104 valence electrons. The first-order valence-corrected chi connectivity index (χ1v) is 7.51. The Hall–Kier alpha value is -1.60. The molecule has 0 amide bonds. The zero-order valence-electron chi connectivity index (χ0n) is 12.4. The maximum absolute atomic E-state index is 6.57. The van der Waals surface area contributed by atoms with Gasteiger partial charge in [-0.1, -0.05) is 48.0 Å². The van der Waals surface area contributed by atoms with Gasteiger partial charge in [-0.05, 0) is 61.8 Å². The Morgan fingerprint density at radius 1 is 1.00 bits per heavy atom. The summed E-state index contributed by atoms with van der Waals surface area (Å²) in [5.41, 5.74) is 13.2. The third-order valence-corrected chi connectivity index (χ3v) is 4.45. The topological polar surface area (TPSA) is 26.0 Å². The molecule has 0 saturated carbocycles. The van der Waals surface area contributed by atoms with Crippen molar-refractivity contribution in [2.45, 2.75) is 45.1 Å². The fourth-order valence-corrected chi connectivity index (χ4v) is 3.20. The predicted octanol–water partition coefficient (Wildman–Crippen LogP) is 3.90. The summed E-state index contributed by atoms with van der Waals surface area (Å²) in [5, 5.41) is 0. The third kappa shape index (κ3) is 2.64. The zero-order valence-corrected chi connectivity index (χ0v) is 12.4. The molecule has 0 heterocycles. The number of nitrogens with two attached hydrogens (primary N) is 1. The lowest BCUT2D eigenvalue weighted by Gasteiger charge is -2.26. The van der Waals surface area contributed by atoms with Crippen LogP contribution < -0.4 is 5.73 Å². The Bertz CT molecular complexity index is 608. The van der Waals surface area contributed by atoms with Gasteiger partial charge in [-0.2, -0.15) is 0 Å². The lowest BCUT2D eigenvalue weighted by atomic mass is 9.85. The third-order valence-electron chi connectivity index (χ3n) is 4.45. The minimum Gasteiger partial charge on any atom is -0.321 e. The molecule has 0 saturated heterocycles. The number of rotatable bonds is 3. The number of benzene rings is 2. The average Bonchev–Trinajstić information content (AvgIpc) is 2.86. The average molecular weight is 265 g/mol. The highest BCUT2D eigenvalue weighted by molar-refractivity contribution is 5.37. The maximum Gasteiger partial charge on any atom is 0.0421 e. The van der Waals surface area contributed by atoms with E-state index in [1.54, 1.807) is 0 Å². The van der Waals surface area contributed by atoms with E-state index in [0.717, 1.165) is 6.42 Å². The van der Waals surface area contributed by atoms with Crippen molar-refractivity contribution in [2.24, 2.45) is 5.73 Å². The molecule has 2 aromatic carbocycles.